The van der Waals surface area contributed by atoms with Gasteiger partial charge in [0.25, 0.3) is 5.56 Å². The lowest BCUT2D eigenvalue weighted by Crippen LogP contribution is -2.46. The molecule has 4 rings (SSSR count). The molecule has 2 heterocycles. The number of nitrogens with one attached hydrogen (secondary N) is 1. The van der Waals surface area contributed by atoms with Crippen LogP contribution in [0.5, 0.6) is 0 Å². The fourth-order valence-electron chi connectivity index (χ4n) is 4.02. The second-order valence-corrected chi connectivity index (χ2v) is 9.09. The number of aromatic amines is 1. The highest BCUT2D eigenvalue weighted by Crippen LogP contribution is 2.35. The first-order chi connectivity index (χ1) is 14.2. The highest BCUT2D eigenvalue weighted by Gasteiger charge is 2.33. The second-order valence-electron chi connectivity index (χ2n) is 8.30. The molecule has 0 saturated carbocycles. The van der Waals surface area contributed by atoms with E-state index in [1.807, 2.05) is 12.1 Å². The van der Waals surface area contributed by atoms with Crippen molar-refractivity contribution < 1.29 is 0 Å². The number of piperidine rings is 1. The lowest BCUT2D eigenvalue weighted by atomic mass is 9.75. The summed E-state index contributed by atoms with van der Waals surface area (Å²) in [6.45, 7) is 6.05. The number of fused-ring (bicyclic) bond motifs is 1. The molecule has 2 aromatic carbocycles. The molecule has 30 heavy (non-hydrogen) atoms. The largest absolute Gasteiger partial charge is 0.371 e. The summed E-state index contributed by atoms with van der Waals surface area (Å²) < 4.78 is 1.02. The number of benzene rings is 2. The topological polar surface area (TPSA) is 84.1 Å². The Morgan fingerprint density at radius 1 is 1.13 bits per heavy atom. The molecule has 8 heteroatoms. The van der Waals surface area contributed by atoms with Crippen molar-refractivity contribution >= 4 is 39.8 Å². The van der Waals surface area contributed by atoms with Crippen LogP contribution >= 0.6 is 23.2 Å². The van der Waals surface area contributed by atoms with E-state index in [2.05, 4.69) is 23.7 Å². The minimum Gasteiger partial charge on any atom is -0.371 e. The van der Waals surface area contributed by atoms with Crippen LogP contribution in [0.3, 0.4) is 0 Å². The zero-order chi connectivity index (χ0) is 21.6. The van der Waals surface area contributed by atoms with Gasteiger partial charge >= 0.3 is 5.69 Å². The van der Waals surface area contributed by atoms with Gasteiger partial charge in [-0.1, -0.05) is 36.2 Å². The molecule has 0 unspecified atom stereocenters. The third-order valence-electron chi connectivity index (χ3n) is 6.42. The van der Waals surface area contributed by atoms with Gasteiger partial charge in [0.2, 0.25) is 0 Å². The van der Waals surface area contributed by atoms with Crippen LogP contribution in [0.25, 0.3) is 16.6 Å². The van der Waals surface area contributed by atoms with Crippen LogP contribution in [0, 0.1) is 5.41 Å². The maximum atomic E-state index is 13.1. The van der Waals surface area contributed by atoms with Crippen molar-refractivity contribution in [1.29, 1.82) is 0 Å². The van der Waals surface area contributed by atoms with Crippen LogP contribution < -0.4 is 21.9 Å². The standard InChI is InChI=1S/C22H24Cl2N4O2/c1-13(25)22(2)8-10-27(11-9-22)14-6-7-15-17(12-14)26-21(30)28(20(15)29)18-5-3-4-16(23)19(18)24/h3-7,12-13H,8-11,25H2,1-2H3,(H,26,30)/t13-/m1/s1. The normalized spacial score (nSPS) is 17.3. The van der Waals surface area contributed by atoms with Crippen molar-refractivity contribution in [3.05, 3.63) is 67.3 Å². The molecular weight excluding hydrogens is 423 g/mol. The number of rotatable bonds is 3. The Morgan fingerprint density at radius 2 is 1.83 bits per heavy atom. The number of hydrogen-bond acceptors (Lipinski definition) is 4. The fourth-order valence-corrected chi connectivity index (χ4v) is 4.40. The van der Waals surface area contributed by atoms with Gasteiger partial charge in [-0.25, -0.2) is 9.36 Å². The van der Waals surface area contributed by atoms with Gasteiger partial charge in [-0.05, 0) is 55.5 Å². The molecular formula is C22H24Cl2N4O2. The lowest BCUT2D eigenvalue weighted by molar-refractivity contribution is 0.205. The Kier molecular flexibility index (Phi) is 5.43. The minimum atomic E-state index is -0.558. The Balaban J connectivity index is 1.73. The SMILES string of the molecule is C[C@@H](N)C1(C)CCN(c2ccc3c(=O)n(-c4cccc(Cl)c4Cl)c(=O)[nH]c3c2)CC1. The number of aromatic nitrogens is 2. The van der Waals surface area contributed by atoms with Crippen LogP contribution in [0.4, 0.5) is 5.69 Å². The number of H-pyrrole nitrogens is 1. The zero-order valence-electron chi connectivity index (χ0n) is 16.9. The first-order valence-corrected chi connectivity index (χ1v) is 10.7. The number of halogens is 2. The fraction of sp³-hybridized carbons (Fsp3) is 0.364. The van der Waals surface area contributed by atoms with Gasteiger partial charge in [-0.15, -0.1) is 0 Å². The van der Waals surface area contributed by atoms with E-state index < -0.39 is 11.2 Å². The summed E-state index contributed by atoms with van der Waals surface area (Å²) in [7, 11) is 0. The Hall–Kier alpha value is -2.28. The third kappa shape index (κ3) is 3.53. The van der Waals surface area contributed by atoms with Crippen LogP contribution in [0.15, 0.2) is 46.0 Å². The van der Waals surface area contributed by atoms with Gasteiger partial charge in [0.05, 0.1) is 26.6 Å². The average Bonchev–Trinajstić information content (AvgIpc) is 2.71. The first-order valence-electron chi connectivity index (χ1n) is 9.95. The molecule has 3 aromatic rings. The summed E-state index contributed by atoms with van der Waals surface area (Å²) in [4.78, 5) is 30.9. The summed E-state index contributed by atoms with van der Waals surface area (Å²) in [6, 6.07) is 10.5. The smallest absolute Gasteiger partial charge is 0.333 e. The number of nitrogens with two attached hydrogens (primary N) is 1. The maximum absolute atomic E-state index is 13.1. The van der Waals surface area contributed by atoms with E-state index in [9.17, 15) is 9.59 Å². The lowest BCUT2D eigenvalue weighted by Gasteiger charge is -2.42. The van der Waals surface area contributed by atoms with Gasteiger partial charge < -0.3 is 15.6 Å². The minimum absolute atomic E-state index is 0.131. The molecule has 1 atom stereocenters. The molecule has 1 aromatic heterocycles. The van der Waals surface area contributed by atoms with Gasteiger partial charge in [0.15, 0.2) is 0 Å². The molecule has 0 radical (unpaired) electrons. The first kappa shape index (κ1) is 21.0. The molecule has 1 aliphatic heterocycles. The molecule has 1 aliphatic rings. The quantitative estimate of drug-likeness (QED) is 0.637. The van der Waals surface area contributed by atoms with Gasteiger partial charge in [0.1, 0.15) is 0 Å². The van der Waals surface area contributed by atoms with Crippen molar-refractivity contribution in [2.45, 2.75) is 32.7 Å². The van der Waals surface area contributed by atoms with E-state index in [4.69, 9.17) is 28.9 Å². The van der Waals surface area contributed by atoms with Crippen molar-refractivity contribution in [3.63, 3.8) is 0 Å². The van der Waals surface area contributed by atoms with E-state index in [0.29, 0.717) is 10.9 Å². The van der Waals surface area contributed by atoms with Gasteiger partial charge in [-0.2, -0.15) is 0 Å². The monoisotopic (exact) mass is 446 g/mol. The van der Waals surface area contributed by atoms with Crippen molar-refractivity contribution in [2.24, 2.45) is 11.1 Å². The number of anilines is 1. The van der Waals surface area contributed by atoms with E-state index in [1.165, 1.54) is 0 Å². The zero-order valence-corrected chi connectivity index (χ0v) is 18.4. The van der Waals surface area contributed by atoms with E-state index in [-0.39, 0.29) is 27.2 Å². The molecule has 0 amide bonds. The van der Waals surface area contributed by atoms with Crippen molar-refractivity contribution in [2.75, 3.05) is 18.0 Å². The van der Waals surface area contributed by atoms with E-state index >= 15 is 0 Å². The highest BCUT2D eigenvalue weighted by atomic mass is 35.5. The summed E-state index contributed by atoms with van der Waals surface area (Å²) in [6.07, 6.45) is 1.99. The summed E-state index contributed by atoms with van der Waals surface area (Å²) in [5, 5.41) is 0.847. The maximum Gasteiger partial charge on any atom is 0.333 e. The molecule has 158 valence electrons. The molecule has 0 spiro atoms. The average molecular weight is 447 g/mol. The predicted molar refractivity (Wildman–Crippen MR) is 123 cm³/mol. The molecule has 1 fully saturated rings. The molecule has 3 N–H and O–H groups in total. The molecule has 1 saturated heterocycles. The van der Waals surface area contributed by atoms with Crippen molar-refractivity contribution in [3.8, 4) is 5.69 Å². The summed E-state index contributed by atoms with van der Waals surface area (Å²) >= 11 is 12.3. The van der Waals surface area contributed by atoms with Crippen LogP contribution in [0.2, 0.25) is 10.0 Å². The van der Waals surface area contributed by atoms with Crippen molar-refractivity contribution in [1.82, 2.24) is 9.55 Å². The van der Waals surface area contributed by atoms with E-state index in [1.54, 1.807) is 24.3 Å². The number of hydrogen-bond donors (Lipinski definition) is 2. The Morgan fingerprint density at radius 3 is 2.50 bits per heavy atom. The Labute approximate surface area is 184 Å². The Bertz CT molecular complexity index is 1220. The van der Waals surface area contributed by atoms with Gasteiger partial charge in [-0.3, -0.25) is 4.79 Å². The molecule has 0 bridgehead atoms. The molecule has 6 nitrogen and oxygen atoms in total. The highest BCUT2D eigenvalue weighted by molar-refractivity contribution is 6.43. The summed E-state index contributed by atoms with van der Waals surface area (Å²) in [5.74, 6) is 0. The van der Waals surface area contributed by atoms with Crippen LogP contribution in [-0.2, 0) is 0 Å². The van der Waals surface area contributed by atoms with Crippen LogP contribution in [-0.4, -0.2) is 28.7 Å². The number of nitrogens with zero attached hydrogens (tertiary/aromatic N) is 2. The third-order valence-corrected chi connectivity index (χ3v) is 7.23. The molecule has 0 aliphatic carbocycles. The second kappa shape index (κ2) is 7.76. The van der Waals surface area contributed by atoms with Crippen LogP contribution in [0.1, 0.15) is 26.7 Å². The van der Waals surface area contributed by atoms with Gasteiger partial charge in [0, 0.05) is 24.8 Å². The predicted octanol–water partition coefficient (Wildman–Crippen LogP) is 3.94. The van der Waals surface area contributed by atoms with E-state index in [0.717, 1.165) is 36.2 Å². The summed E-state index contributed by atoms with van der Waals surface area (Å²) in [5.41, 5.74) is 7.03.